The number of nitrogens with zero attached hydrogens (tertiary/aromatic N) is 1. The minimum Gasteiger partial charge on any atom is -0.378 e. The van der Waals surface area contributed by atoms with Crippen LogP contribution in [0, 0.1) is 6.92 Å². The lowest BCUT2D eigenvalue weighted by molar-refractivity contribution is -0.115. The molecule has 3 amide bonds. The van der Waals surface area contributed by atoms with Crippen LogP contribution in [-0.4, -0.2) is 32.6 Å². The fraction of sp³-hybridized carbons (Fsp3) is 0.263. The Bertz CT molecular complexity index is 793. The van der Waals surface area contributed by atoms with Gasteiger partial charge < -0.3 is 20.9 Å². The predicted molar refractivity (Wildman–Crippen MR) is 109 cm³/mol. The highest BCUT2D eigenvalue weighted by molar-refractivity contribution is 9.10. The molecule has 0 aliphatic rings. The number of hydrogen-bond acceptors (Lipinski definition) is 3. The van der Waals surface area contributed by atoms with E-state index in [1.165, 1.54) is 0 Å². The van der Waals surface area contributed by atoms with E-state index in [-0.39, 0.29) is 18.5 Å². The van der Waals surface area contributed by atoms with Crippen molar-refractivity contribution in [1.82, 2.24) is 10.6 Å². The van der Waals surface area contributed by atoms with Crippen molar-refractivity contribution in [3.63, 3.8) is 0 Å². The maximum absolute atomic E-state index is 12.0. The Balaban J connectivity index is 1.77. The Labute approximate surface area is 162 Å². The smallest absolute Gasteiger partial charge is 0.315 e. The summed E-state index contributed by atoms with van der Waals surface area (Å²) >= 11 is 3.38. The quantitative estimate of drug-likeness (QED) is 0.673. The Hall–Kier alpha value is -2.54. The van der Waals surface area contributed by atoms with Gasteiger partial charge in [0.1, 0.15) is 0 Å². The number of aryl methyl sites for hydroxylation is 1. The number of halogens is 1. The van der Waals surface area contributed by atoms with Crippen molar-refractivity contribution in [2.24, 2.45) is 0 Å². The van der Waals surface area contributed by atoms with E-state index >= 15 is 0 Å². The van der Waals surface area contributed by atoms with Crippen molar-refractivity contribution >= 4 is 39.2 Å². The molecule has 26 heavy (non-hydrogen) atoms. The number of amides is 3. The van der Waals surface area contributed by atoms with Gasteiger partial charge in [0, 0.05) is 36.5 Å². The minimum atomic E-state index is -0.386. The van der Waals surface area contributed by atoms with Crippen LogP contribution < -0.4 is 20.9 Å². The number of anilines is 2. The molecule has 7 heteroatoms. The van der Waals surface area contributed by atoms with E-state index in [0.717, 1.165) is 27.0 Å². The summed E-state index contributed by atoms with van der Waals surface area (Å²) in [5.41, 5.74) is 3.72. The van der Waals surface area contributed by atoms with Crippen molar-refractivity contribution < 1.29 is 9.59 Å². The van der Waals surface area contributed by atoms with Crippen LogP contribution >= 0.6 is 15.9 Å². The first-order valence-electron chi connectivity index (χ1n) is 8.19. The molecule has 0 spiro atoms. The van der Waals surface area contributed by atoms with Crippen LogP contribution in [0.1, 0.15) is 11.1 Å². The molecule has 0 atom stereocenters. The van der Waals surface area contributed by atoms with E-state index in [2.05, 4.69) is 31.9 Å². The largest absolute Gasteiger partial charge is 0.378 e. The summed E-state index contributed by atoms with van der Waals surface area (Å²) in [5.74, 6) is -0.278. The molecule has 0 aromatic heterocycles. The first-order chi connectivity index (χ1) is 12.3. The van der Waals surface area contributed by atoms with Crippen molar-refractivity contribution in [2.75, 3.05) is 30.9 Å². The third-order valence-electron chi connectivity index (χ3n) is 3.75. The summed E-state index contributed by atoms with van der Waals surface area (Å²) in [6, 6.07) is 13.1. The Morgan fingerprint density at radius 1 is 1.08 bits per heavy atom. The monoisotopic (exact) mass is 418 g/mol. The molecule has 2 aromatic rings. The number of carbonyl (C=O) groups excluding carboxylic acids is 2. The molecular formula is C19H23BrN4O2. The van der Waals surface area contributed by atoms with Gasteiger partial charge in [-0.25, -0.2) is 4.79 Å². The van der Waals surface area contributed by atoms with Gasteiger partial charge in [-0.05, 0) is 48.4 Å². The molecule has 0 radical (unpaired) electrons. The Kier molecular flexibility index (Phi) is 7.03. The maximum atomic E-state index is 12.0. The highest BCUT2D eigenvalue weighted by Crippen LogP contribution is 2.19. The third kappa shape index (κ3) is 6.07. The number of urea groups is 1. The molecule has 2 aromatic carbocycles. The lowest BCUT2D eigenvalue weighted by Crippen LogP contribution is -2.39. The van der Waals surface area contributed by atoms with Gasteiger partial charge in [0.2, 0.25) is 5.91 Å². The second kappa shape index (κ2) is 9.24. The fourth-order valence-electron chi connectivity index (χ4n) is 2.31. The lowest BCUT2D eigenvalue weighted by Gasteiger charge is -2.14. The highest BCUT2D eigenvalue weighted by Gasteiger charge is 2.08. The molecule has 0 bridgehead atoms. The molecule has 0 fully saturated rings. The van der Waals surface area contributed by atoms with E-state index in [0.29, 0.717) is 6.54 Å². The SMILES string of the molecule is Cc1cc(Br)ccc1NC(=O)CNC(=O)NCc1cccc(N(C)C)c1. The second-order valence-corrected chi connectivity index (χ2v) is 7.02. The summed E-state index contributed by atoms with van der Waals surface area (Å²) in [5, 5.41) is 8.09. The van der Waals surface area contributed by atoms with Crippen LogP contribution in [-0.2, 0) is 11.3 Å². The van der Waals surface area contributed by atoms with Crippen LogP contribution in [0.4, 0.5) is 16.2 Å². The van der Waals surface area contributed by atoms with Crippen molar-refractivity contribution in [2.45, 2.75) is 13.5 Å². The van der Waals surface area contributed by atoms with Crippen LogP contribution in [0.15, 0.2) is 46.9 Å². The van der Waals surface area contributed by atoms with E-state index in [4.69, 9.17) is 0 Å². The summed E-state index contributed by atoms with van der Waals surface area (Å²) in [4.78, 5) is 25.9. The summed E-state index contributed by atoms with van der Waals surface area (Å²) in [7, 11) is 3.93. The summed E-state index contributed by atoms with van der Waals surface area (Å²) in [6.07, 6.45) is 0. The fourth-order valence-corrected chi connectivity index (χ4v) is 2.79. The average molecular weight is 419 g/mol. The number of rotatable bonds is 6. The Morgan fingerprint density at radius 2 is 1.85 bits per heavy atom. The summed E-state index contributed by atoms with van der Waals surface area (Å²) in [6.45, 7) is 2.20. The topological polar surface area (TPSA) is 73.5 Å². The van der Waals surface area contributed by atoms with E-state index in [1.54, 1.807) is 0 Å². The van der Waals surface area contributed by atoms with Crippen LogP contribution in [0.25, 0.3) is 0 Å². The second-order valence-electron chi connectivity index (χ2n) is 6.11. The molecule has 0 aliphatic heterocycles. The predicted octanol–water partition coefficient (Wildman–Crippen LogP) is 3.26. The number of carbonyl (C=O) groups is 2. The number of hydrogen-bond donors (Lipinski definition) is 3. The maximum Gasteiger partial charge on any atom is 0.315 e. The minimum absolute atomic E-state index is 0.0981. The highest BCUT2D eigenvalue weighted by atomic mass is 79.9. The van der Waals surface area contributed by atoms with Crippen LogP contribution in [0.2, 0.25) is 0 Å². The van der Waals surface area contributed by atoms with Gasteiger partial charge in [-0.15, -0.1) is 0 Å². The molecule has 0 unspecified atom stereocenters. The van der Waals surface area contributed by atoms with Crippen molar-refractivity contribution in [3.05, 3.63) is 58.1 Å². The molecule has 6 nitrogen and oxygen atoms in total. The number of nitrogens with one attached hydrogen (secondary N) is 3. The van der Waals surface area contributed by atoms with Gasteiger partial charge in [0.15, 0.2) is 0 Å². The van der Waals surface area contributed by atoms with E-state index in [1.807, 2.05) is 68.4 Å². The van der Waals surface area contributed by atoms with Gasteiger partial charge >= 0.3 is 6.03 Å². The first-order valence-corrected chi connectivity index (χ1v) is 8.98. The summed E-state index contributed by atoms with van der Waals surface area (Å²) < 4.78 is 0.948. The van der Waals surface area contributed by atoms with Gasteiger partial charge in [0.05, 0.1) is 6.54 Å². The molecule has 138 valence electrons. The van der Waals surface area contributed by atoms with Gasteiger partial charge in [-0.1, -0.05) is 28.1 Å². The number of benzene rings is 2. The standard InChI is InChI=1S/C19H23BrN4O2/c1-13-9-15(20)7-8-17(13)23-18(25)12-22-19(26)21-11-14-5-4-6-16(10-14)24(2)3/h4-10H,11-12H2,1-3H3,(H,23,25)(H2,21,22,26). The average Bonchev–Trinajstić information content (AvgIpc) is 2.61. The van der Waals surface area contributed by atoms with Crippen molar-refractivity contribution in [1.29, 1.82) is 0 Å². The molecule has 0 saturated heterocycles. The molecule has 3 N–H and O–H groups in total. The third-order valence-corrected chi connectivity index (χ3v) is 4.25. The normalized spacial score (nSPS) is 10.2. The Morgan fingerprint density at radius 3 is 2.54 bits per heavy atom. The van der Waals surface area contributed by atoms with Crippen molar-refractivity contribution in [3.8, 4) is 0 Å². The molecule has 0 heterocycles. The van der Waals surface area contributed by atoms with Gasteiger partial charge in [0.25, 0.3) is 0 Å². The van der Waals surface area contributed by atoms with Gasteiger partial charge in [-0.3, -0.25) is 4.79 Å². The van der Waals surface area contributed by atoms with Crippen LogP contribution in [0.5, 0.6) is 0 Å². The van der Waals surface area contributed by atoms with Gasteiger partial charge in [-0.2, -0.15) is 0 Å². The van der Waals surface area contributed by atoms with E-state index < -0.39 is 0 Å². The molecule has 2 rings (SSSR count). The zero-order valence-electron chi connectivity index (χ0n) is 15.1. The first kappa shape index (κ1) is 19.8. The molecule has 0 aliphatic carbocycles. The van der Waals surface area contributed by atoms with E-state index in [9.17, 15) is 9.59 Å². The lowest BCUT2D eigenvalue weighted by atomic mass is 10.2. The zero-order chi connectivity index (χ0) is 19.1. The zero-order valence-corrected chi connectivity index (χ0v) is 16.7. The van der Waals surface area contributed by atoms with Crippen LogP contribution in [0.3, 0.4) is 0 Å². The molecule has 0 saturated carbocycles. The molecular weight excluding hydrogens is 396 g/mol.